The smallest absolute Gasteiger partial charge is 0.119 e. The van der Waals surface area contributed by atoms with E-state index in [0.29, 0.717) is 17.6 Å². The molecule has 2 aliphatic rings. The van der Waals surface area contributed by atoms with Crippen molar-refractivity contribution in [3.8, 4) is 5.75 Å². The fourth-order valence-electron chi connectivity index (χ4n) is 4.81. The topological polar surface area (TPSA) is 24.5 Å². The van der Waals surface area contributed by atoms with Crippen molar-refractivity contribution in [1.29, 1.82) is 0 Å². The molecule has 1 saturated heterocycles. The average molecular weight is 387 g/mol. The van der Waals surface area contributed by atoms with E-state index >= 15 is 0 Å². The average Bonchev–Trinajstić information content (AvgIpc) is 2.63. The van der Waals surface area contributed by atoms with Gasteiger partial charge in [0.25, 0.3) is 0 Å². The number of hydrogen-bond donors (Lipinski definition) is 1. The summed E-state index contributed by atoms with van der Waals surface area (Å²) in [4.78, 5) is 2.60. The first-order valence-corrected chi connectivity index (χ1v) is 11.4. The lowest BCUT2D eigenvalue weighted by Crippen LogP contribution is -2.50. The summed E-state index contributed by atoms with van der Waals surface area (Å²) >= 11 is 0. The molecule has 1 aromatic carbocycles. The predicted octanol–water partition coefficient (Wildman–Crippen LogP) is 6.35. The Labute approximate surface area is 173 Å². The number of piperidine rings is 1. The van der Waals surface area contributed by atoms with Gasteiger partial charge < -0.3 is 10.1 Å². The molecule has 1 heterocycles. The second-order valence-corrected chi connectivity index (χ2v) is 11.1. The zero-order valence-electron chi connectivity index (χ0n) is 19.1. The van der Waals surface area contributed by atoms with Crippen LogP contribution in [0.1, 0.15) is 80.1 Å². The van der Waals surface area contributed by atoms with Gasteiger partial charge in [0.15, 0.2) is 0 Å². The number of nitrogens with zero attached hydrogens (tertiary/aromatic N) is 1. The Morgan fingerprint density at radius 1 is 0.893 bits per heavy atom. The van der Waals surface area contributed by atoms with Crippen molar-refractivity contribution in [3.63, 3.8) is 0 Å². The van der Waals surface area contributed by atoms with Crippen LogP contribution in [0.2, 0.25) is 0 Å². The number of rotatable bonds is 4. The number of anilines is 1. The van der Waals surface area contributed by atoms with E-state index in [9.17, 15) is 0 Å². The van der Waals surface area contributed by atoms with Gasteiger partial charge in [-0.15, -0.1) is 0 Å². The van der Waals surface area contributed by atoms with Crippen LogP contribution < -0.4 is 10.1 Å². The molecular formula is C25H42N2O. The summed E-state index contributed by atoms with van der Waals surface area (Å²) in [7, 11) is 0. The van der Waals surface area contributed by atoms with Gasteiger partial charge in [-0.25, -0.2) is 0 Å². The zero-order valence-corrected chi connectivity index (χ0v) is 19.1. The van der Waals surface area contributed by atoms with Crippen LogP contribution in [0.25, 0.3) is 0 Å². The van der Waals surface area contributed by atoms with Crippen LogP contribution in [0.15, 0.2) is 24.3 Å². The van der Waals surface area contributed by atoms with Gasteiger partial charge in [-0.05, 0) is 101 Å². The molecule has 2 fully saturated rings. The second-order valence-electron chi connectivity index (χ2n) is 11.1. The minimum atomic E-state index is 0.254. The summed E-state index contributed by atoms with van der Waals surface area (Å²) in [5.41, 5.74) is 1.90. The first kappa shape index (κ1) is 21.5. The second kappa shape index (κ2) is 8.65. The molecule has 3 nitrogen and oxygen atoms in total. The van der Waals surface area contributed by atoms with Crippen molar-refractivity contribution in [2.45, 2.75) is 97.8 Å². The van der Waals surface area contributed by atoms with Gasteiger partial charge in [-0.2, -0.15) is 0 Å². The number of ether oxygens (including phenoxy) is 1. The molecule has 1 unspecified atom stereocenters. The first-order chi connectivity index (χ1) is 13.1. The molecule has 0 bridgehead atoms. The van der Waals surface area contributed by atoms with E-state index in [4.69, 9.17) is 4.74 Å². The van der Waals surface area contributed by atoms with E-state index in [-0.39, 0.29) is 5.54 Å². The Morgan fingerprint density at radius 3 is 2.11 bits per heavy atom. The summed E-state index contributed by atoms with van der Waals surface area (Å²) in [5.74, 6) is 1.85. The largest absolute Gasteiger partial charge is 0.490 e. The van der Waals surface area contributed by atoms with Gasteiger partial charge in [-0.3, -0.25) is 4.90 Å². The Hall–Kier alpha value is -1.22. The van der Waals surface area contributed by atoms with Crippen molar-refractivity contribution >= 4 is 5.69 Å². The standard InChI is InChI=1S/C25H42N2O/c1-24(2,3)19-9-13-22(14-10-19)28-23-15-11-20(12-16-23)26-21-8-7-17-27(18-21)25(4,5)6/h11-12,15-16,19,21-22,26H,7-10,13-14,17-18H2,1-6H3. The van der Waals surface area contributed by atoms with E-state index in [1.807, 2.05) is 0 Å². The zero-order chi connectivity index (χ0) is 20.4. The van der Waals surface area contributed by atoms with Gasteiger partial charge in [0, 0.05) is 23.8 Å². The first-order valence-electron chi connectivity index (χ1n) is 11.4. The Bertz CT molecular complexity index is 603. The van der Waals surface area contributed by atoms with Crippen LogP contribution in [-0.4, -0.2) is 35.7 Å². The molecule has 1 aromatic rings. The van der Waals surface area contributed by atoms with E-state index in [1.54, 1.807) is 0 Å². The van der Waals surface area contributed by atoms with Gasteiger partial charge in [-0.1, -0.05) is 20.8 Å². The Balaban J connectivity index is 1.48. The summed E-state index contributed by atoms with van der Waals surface area (Å²) in [5, 5.41) is 3.74. The lowest BCUT2D eigenvalue weighted by atomic mass is 9.72. The molecule has 1 atom stereocenters. The van der Waals surface area contributed by atoms with E-state index in [2.05, 4.69) is 76.0 Å². The molecule has 0 spiro atoms. The molecule has 0 aromatic heterocycles. The third-order valence-corrected chi connectivity index (χ3v) is 6.80. The number of hydrogen-bond acceptors (Lipinski definition) is 3. The summed E-state index contributed by atoms with van der Waals surface area (Å²) in [6.07, 6.45) is 7.87. The SMILES string of the molecule is CC(C)(C)C1CCC(Oc2ccc(NC3CCCN(C(C)(C)C)C3)cc2)CC1. The quantitative estimate of drug-likeness (QED) is 0.653. The van der Waals surface area contributed by atoms with Gasteiger partial charge in [0.1, 0.15) is 5.75 Å². The lowest BCUT2D eigenvalue weighted by Gasteiger charge is -2.42. The normalized spacial score (nSPS) is 27.4. The van der Waals surface area contributed by atoms with Crippen LogP contribution in [0.4, 0.5) is 5.69 Å². The Kier molecular flexibility index (Phi) is 6.64. The number of likely N-dealkylation sites (tertiary alicyclic amines) is 1. The number of nitrogens with one attached hydrogen (secondary N) is 1. The van der Waals surface area contributed by atoms with Crippen LogP contribution in [0.3, 0.4) is 0 Å². The monoisotopic (exact) mass is 386 g/mol. The number of benzene rings is 1. The molecule has 3 rings (SSSR count). The molecule has 1 aliphatic carbocycles. The maximum atomic E-state index is 6.29. The molecule has 3 heteroatoms. The fraction of sp³-hybridized carbons (Fsp3) is 0.760. The van der Waals surface area contributed by atoms with Gasteiger partial charge in [0.2, 0.25) is 0 Å². The van der Waals surface area contributed by atoms with E-state index < -0.39 is 0 Å². The van der Waals surface area contributed by atoms with Crippen molar-refractivity contribution in [1.82, 2.24) is 4.90 Å². The predicted molar refractivity (Wildman–Crippen MR) is 120 cm³/mol. The van der Waals surface area contributed by atoms with Crippen molar-refractivity contribution in [3.05, 3.63) is 24.3 Å². The molecule has 1 saturated carbocycles. The highest BCUT2D eigenvalue weighted by molar-refractivity contribution is 5.47. The molecule has 158 valence electrons. The summed E-state index contributed by atoms with van der Waals surface area (Å²) in [6.45, 7) is 16.4. The Morgan fingerprint density at radius 2 is 1.54 bits per heavy atom. The highest BCUT2D eigenvalue weighted by atomic mass is 16.5. The molecule has 28 heavy (non-hydrogen) atoms. The van der Waals surface area contributed by atoms with E-state index in [1.165, 1.54) is 50.8 Å². The van der Waals surface area contributed by atoms with Crippen molar-refractivity contribution < 1.29 is 4.74 Å². The lowest BCUT2D eigenvalue weighted by molar-refractivity contribution is 0.0882. The molecule has 0 radical (unpaired) electrons. The van der Waals surface area contributed by atoms with Crippen molar-refractivity contribution in [2.24, 2.45) is 11.3 Å². The fourth-order valence-corrected chi connectivity index (χ4v) is 4.81. The highest BCUT2D eigenvalue weighted by Gasteiger charge is 2.30. The van der Waals surface area contributed by atoms with Gasteiger partial charge in [0.05, 0.1) is 6.10 Å². The van der Waals surface area contributed by atoms with Gasteiger partial charge >= 0.3 is 0 Å². The maximum absolute atomic E-state index is 6.29. The van der Waals surface area contributed by atoms with Crippen molar-refractivity contribution in [2.75, 3.05) is 18.4 Å². The summed E-state index contributed by atoms with van der Waals surface area (Å²) in [6, 6.07) is 9.19. The van der Waals surface area contributed by atoms with Crippen LogP contribution in [0, 0.1) is 11.3 Å². The molecular weight excluding hydrogens is 344 g/mol. The third-order valence-electron chi connectivity index (χ3n) is 6.80. The van der Waals surface area contributed by atoms with E-state index in [0.717, 1.165) is 18.2 Å². The maximum Gasteiger partial charge on any atom is 0.119 e. The van der Waals surface area contributed by atoms with Crippen LogP contribution in [-0.2, 0) is 0 Å². The van der Waals surface area contributed by atoms with Crippen LogP contribution in [0.5, 0.6) is 5.75 Å². The van der Waals surface area contributed by atoms with Crippen LogP contribution >= 0.6 is 0 Å². The summed E-state index contributed by atoms with van der Waals surface area (Å²) < 4.78 is 6.29. The molecule has 1 aliphatic heterocycles. The minimum absolute atomic E-state index is 0.254. The molecule has 0 amide bonds. The minimum Gasteiger partial charge on any atom is -0.490 e. The highest BCUT2D eigenvalue weighted by Crippen LogP contribution is 2.38. The molecule has 1 N–H and O–H groups in total. The third kappa shape index (κ3) is 5.89.